The summed E-state index contributed by atoms with van der Waals surface area (Å²) in [7, 11) is 0. The van der Waals surface area contributed by atoms with Crippen molar-refractivity contribution in [2.45, 2.75) is 39.4 Å². The fraction of sp³-hybridized carbons (Fsp3) is 0.214. The fourth-order valence-electron chi connectivity index (χ4n) is 3.84. The van der Waals surface area contributed by atoms with Gasteiger partial charge in [0, 0.05) is 23.7 Å². The number of hydrogen-bond donors (Lipinski definition) is 2. The van der Waals surface area contributed by atoms with Gasteiger partial charge >= 0.3 is 0 Å². The van der Waals surface area contributed by atoms with Crippen LogP contribution >= 0.6 is 0 Å². The third-order valence-corrected chi connectivity index (χ3v) is 6.07. The Labute approximate surface area is 204 Å². The van der Waals surface area contributed by atoms with E-state index in [1.54, 1.807) is 66.7 Å². The Bertz CT molecular complexity index is 1250. The molecule has 0 saturated carbocycles. The normalized spacial score (nSPS) is 13.4. The average molecular weight is 470 g/mol. The van der Waals surface area contributed by atoms with Gasteiger partial charge in [0.25, 0.3) is 23.6 Å². The van der Waals surface area contributed by atoms with Gasteiger partial charge < -0.3 is 10.6 Å². The Kier molecular flexibility index (Phi) is 7.06. The number of benzene rings is 3. The largest absolute Gasteiger partial charge is 0.350 e. The molecular weight excluding hydrogens is 442 g/mol. The molecule has 0 fully saturated rings. The number of rotatable bonds is 8. The van der Waals surface area contributed by atoms with Crippen LogP contribution in [0, 0.1) is 0 Å². The van der Waals surface area contributed by atoms with Gasteiger partial charge in [-0.3, -0.25) is 24.1 Å². The third-order valence-electron chi connectivity index (χ3n) is 6.07. The van der Waals surface area contributed by atoms with Gasteiger partial charge in [0.15, 0.2) is 0 Å². The van der Waals surface area contributed by atoms with Crippen LogP contribution in [0.15, 0.2) is 72.8 Å². The van der Waals surface area contributed by atoms with E-state index in [9.17, 15) is 19.2 Å². The SMILES string of the molecule is CCC(C)NC(=O)c1cccc(CNC(=O)c2ccc(CN3C(=O)c4ccccc4C3=O)cc2)c1. The number of nitrogens with one attached hydrogen (secondary N) is 2. The molecule has 0 bridgehead atoms. The summed E-state index contributed by atoms with van der Waals surface area (Å²) in [5.41, 5.74) is 3.40. The summed E-state index contributed by atoms with van der Waals surface area (Å²) in [4.78, 5) is 51.3. The molecule has 1 unspecified atom stereocenters. The molecule has 0 aromatic heterocycles. The second kappa shape index (κ2) is 10.3. The summed E-state index contributed by atoms with van der Waals surface area (Å²) in [5, 5.41) is 5.80. The number of carbonyl (C=O) groups excluding carboxylic acids is 4. The highest BCUT2D eigenvalue weighted by molar-refractivity contribution is 6.21. The minimum absolute atomic E-state index is 0.0888. The van der Waals surface area contributed by atoms with Gasteiger partial charge in [0.05, 0.1) is 17.7 Å². The third kappa shape index (κ3) is 5.30. The van der Waals surface area contributed by atoms with Crippen molar-refractivity contribution >= 4 is 23.6 Å². The molecule has 4 amide bonds. The van der Waals surface area contributed by atoms with Crippen LogP contribution in [-0.4, -0.2) is 34.6 Å². The smallest absolute Gasteiger partial charge is 0.261 e. The van der Waals surface area contributed by atoms with E-state index in [-0.39, 0.29) is 42.8 Å². The first-order chi connectivity index (χ1) is 16.9. The molecule has 4 rings (SSSR count). The minimum Gasteiger partial charge on any atom is -0.350 e. The van der Waals surface area contributed by atoms with Crippen LogP contribution in [0.3, 0.4) is 0 Å². The van der Waals surface area contributed by atoms with Gasteiger partial charge in [-0.1, -0.05) is 43.3 Å². The maximum Gasteiger partial charge on any atom is 0.261 e. The molecule has 2 N–H and O–H groups in total. The van der Waals surface area contributed by atoms with E-state index in [4.69, 9.17) is 0 Å². The van der Waals surface area contributed by atoms with Crippen molar-refractivity contribution in [2.24, 2.45) is 0 Å². The Balaban J connectivity index is 1.35. The molecule has 3 aromatic carbocycles. The van der Waals surface area contributed by atoms with Gasteiger partial charge in [-0.25, -0.2) is 0 Å². The maximum atomic E-state index is 12.6. The molecule has 3 aromatic rings. The van der Waals surface area contributed by atoms with Crippen molar-refractivity contribution in [1.82, 2.24) is 15.5 Å². The second-order valence-electron chi connectivity index (χ2n) is 8.60. The van der Waals surface area contributed by atoms with Crippen molar-refractivity contribution in [3.63, 3.8) is 0 Å². The Morgan fingerprint density at radius 1 is 0.800 bits per heavy atom. The highest BCUT2D eigenvalue weighted by Gasteiger charge is 2.34. The lowest BCUT2D eigenvalue weighted by Crippen LogP contribution is -2.32. The van der Waals surface area contributed by atoms with Crippen molar-refractivity contribution in [3.8, 4) is 0 Å². The monoisotopic (exact) mass is 469 g/mol. The first kappa shape index (κ1) is 23.9. The highest BCUT2D eigenvalue weighted by Crippen LogP contribution is 2.24. The molecule has 1 aliphatic heterocycles. The first-order valence-corrected chi connectivity index (χ1v) is 11.6. The Morgan fingerprint density at radius 2 is 1.46 bits per heavy atom. The number of fused-ring (bicyclic) bond motifs is 1. The van der Waals surface area contributed by atoms with Crippen LogP contribution in [0.25, 0.3) is 0 Å². The van der Waals surface area contributed by atoms with E-state index < -0.39 is 0 Å². The van der Waals surface area contributed by atoms with Crippen molar-refractivity contribution in [3.05, 3.63) is 106 Å². The molecular formula is C28H27N3O4. The first-order valence-electron chi connectivity index (χ1n) is 11.6. The lowest BCUT2D eigenvalue weighted by atomic mass is 10.1. The molecule has 178 valence electrons. The van der Waals surface area contributed by atoms with E-state index in [0.717, 1.165) is 17.5 Å². The van der Waals surface area contributed by atoms with Crippen LogP contribution in [0.5, 0.6) is 0 Å². The van der Waals surface area contributed by atoms with Crippen LogP contribution in [0.1, 0.15) is 72.8 Å². The van der Waals surface area contributed by atoms with E-state index in [1.165, 1.54) is 4.90 Å². The van der Waals surface area contributed by atoms with Crippen LogP contribution in [0.4, 0.5) is 0 Å². The molecule has 7 nitrogen and oxygen atoms in total. The molecule has 1 heterocycles. The fourth-order valence-corrected chi connectivity index (χ4v) is 3.84. The quantitative estimate of drug-likeness (QED) is 0.489. The van der Waals surface area contributed by atoms with E-state index in [0.29, 0.717) is 22.3 Å². The summed E-state index contributed by atoms with van der Waals surface area (Å²) in [6.07, 6.45) is 0.846. The Hall–Kier alpha value is -4.26. The average Bonchev–Trinajstić information content (AvgIpc) is 3.12. The number of amides is 4. The zero-order chi connectivity index (χ0) is 24.9. The lowest BCUT2D eigenvalue weighted by Gasteiger charge is -2.14. The standard InChI is InChI=1S/C28H27N3O4/c1-3-18(2)30-26(33)22-8-6-7-20(15-22)16-29-25(32)21-13-11-19(12-14-21)17-31-27(34)23-9-4-5-10-24(23)28(31)35/h4-15,18H,3,16-17H2,1-2H3,(H,29,32)(H,30,33). The zero-order valence-electron chi connectivity index (χ0n) is 19.7. The molecule has 0 aliphatic carbocycles. The topological polar surface area (TPSA) is 95.6 Å². The summed E-state index contributed by atoms with van der Waals surface area (Å²) in [6.45, 7) is 4.38. The summed E-state index contributed by atoms with van der Waals surface area (Å²) in [5.74, 6) is -1.02. The van der Waals surface area contributed by atoms with Gasteiger partial charge in [-0.2, -0.15) is 0 Å². The summed E-state index contributed by atoms with van der Waals surface area (Å²) < 4.78 is 0. The van der Waals surface area contributed by atoms with Crippen molar-refractivity contribution < 1.29 is 19.2 Å². The predicted octanol–water partition coefficient (Wildman–Crippen LogP) is 3.94. The molecule has 0 spiro atoms. The summed E-state index contributed by atoms with van der Waals surface area (Å²) >= 11 is 0. The van der Waals surface area contributed by atoms with Gasteiger partial charge in [0.2, 0.25) is 0 Å². The van der Waals surface area contributed by atoms with Crippen molar-refractivity contribution in [1.29, 1.82) is 0 Å². The van der Waals surface area contributed by atoms with Crippen molar-refractivity contribution in [2.75, 3.05) is 0 Å². The molecule has 1 aliphatic rings. The second-order valence-corrected chi connectivity index (χ2v) is 8.60. The van der Waals surface area contributed by atoms with Gasteiger partial charge in [-0.15, -0.1) is 0 Å². The Morgan fingerprint density at radius 3 is 2.09 bits per heavy atom. The van der Waals surface area contributed by atoms with Gasteiger partial charge in [-0.05, 0) is 60.9 Å². The number of carbonyl (C=O) groups is 4. The molecule has 0 radical (unpaired) electrons. The maximum absolute atomic E-state index is 12.6. The number of nitrogens with zero attached hydrogens (tertiary/aromatic N) is 1. The minimum atomic E-state index is -0.313. The van der Waals surface area contributed by atoms with Crippen LogP contribution in [0.2, 0.25) is 0 Å². The predicted molar refractivity (Wildman–Crippen MR) is 132 cm³/mol. The van der Waals surface area contributed by atoms with E-state index in [1.807, 2.05) is 19.9 Å². The van der Waals surface area contributed by atoms with Crippen LogP contribution in [-0.2, 0) is 13.1 Å². The lowest BCUT2D eigenvalue weighted by molar-refractivity contribution is 0.0641. The van der Waals surface area contributed by atoms with Gasteiger partial charge in [0.1, 0.15) is 0 Å². The number of imide groups is 1. The van der Waals surface area contributed by atoms with E-state index >= 15 is 0 Å². The highest BCUT2D eigenvalue weighted by atomic mass is 16.2. The summed E-state index contributed by atoms with van der Waals surface area (Å²) in [6, 6.07) is 20.8. The van der Waals surface area contributed by atoms with Crippen LogP contribution < -0.4 is 10.6 Å². The van der Waals surface area contributed by atoms with E-state index in [2.05, 4.69) is 10.6 Å². The molecule has 1 atom stereocenters. The molecule has 0 saturated heterocycles. The number of hydrogen-bond acceptors (Lipinski definition) is 4. The zero-order valence-corrected chi connectivity index (χ0v) is 19.7. The molecule has 7 heteroatoms. The molecule has 35 heavy (non-hydrogen) atoms.